The lowest BCUT2D eigenvalue weighted by atomic mass is 9.96. The first-order valence-corrected chi connectivity index (χ1v) is 8.06. The van der Waals surface area contributed by atoms with E-state index in [1.807, 2.05) is 26.8 Å². The zero-order valence-corrected chi connectivity index (χ0v) is 13.8. The Morgan fingerprint density at radius 2 is 1.86 bits per heavy atom. The first kappa shape index (κ1) is 16.5. The summed E-state index contributed by atoms with van der Waals surface area (Å²) in [6.45, 7) is 6.17. The molecule has 0 radical (unpaired) electrons. The summed E-state index contributed by atoms with van der Waals surface area (Å²) in [5, 5.41) is 5.80. The number of carbonyl (C=O) groups excluding carboxylic acids is 2. The molecule has 2 amide bonds. The van der Waals surface area contributed by atoms with E-state index < -0.39 is 0 Å². The van der Waals surface area contributed by atoms with Gasteiger partial charge in [-0.1, -0.05) is 26.8 Å². The molecule has 2 rings (SSSR count). The minimum absolute atomic E-state index is 0.00274. The second-order valence-electron chi connectivity index (χ2n) is 6.99. The van der Waals surface area contributed by atoms with Crippen LogP contribution in [0.4, 0.5) is 5.69 Å². The first-order chi connectivity index (χ1) is 10.4. The molecule has 1 aliphatic carbocycles. The molecule has 0 atom stereocenters. The van der Waals surface area contributed by atoms with E-state index >= 15 is 0 Å². The molecule has 0 fully saturated rings. The van der Waals surface area contributed by atoms with Crippen LogP contribution in [0.5, 0.6) is 0 Å². The van der Waals surface area contributed by atoms with E-state index in [4.69, 9.17) is 0 Å². The standard InChI is InChI=1S/C18H26N2O2/c1-18(2,3)17(22)19-11-5-8-16(21)20-15-10-9-13-6-4-7-14(13)12-15/h9-10,12H,4-8,11H2,1-3H3,(H,19,22)(H,20,21). The molecule has 0 heterocycles. The number of carbonyl (C=O) groups is 2. The van der Waals surface area contributed by atoms with Crippen LogP contribution in [-0.4, -0.2) is 18.4 Å². The zero-order chi connectivity index (χ0) is 16.2. The Balaban J connectivity index is 1.71. The Kier molecular flexibility index (Phi) is 5.22. The third-order valence-electron chi connectivity index (χ3n) is 3.93. The van der Waals surface area contributed by atoms with Crippen molar-refractivity contribution in [2.75, 3.05) is 11.9 Å². The molecular formula is C18H26N2O2. The molecule has 0 spiro atoms. The SMILES string of the molecule is CC(C)(C)C(=O)NCCCC(=O)Nc1ccc2c(c1)CCC2. The molecule has 1 aliphatic rings. The summed E-state index contributed by atoms with van der Waals surface area (Å²) < 4.78 is 0. The van der Waals surface area contributed by atoms with Crippen LogP contribution >= 0.6 is 0 Å². The van der Waals surface area contributed by atoms with Gasteiger partial charge in [0.05, 0.1) is 0 Å². The summed E-state index contributed by atoms with van der Waals surface area (Å²) in [5.74, 6) is 0.0227. The van der Waals surface area contributed by atoms with Gasteiger partial charge >= 0.3 is 0 Å². The molecule has 1 aromatic rings. The van der Waals surface area contributed by atoms with Crippen molar-refractivity contribution in [2.24, 2.45) is 5.41 Å². The van der Waals surface area contributed by atoms with E-state index in [9.17, 15) is 9.59 Å². The molecule has 22 heavy (non-hydrogen) atoms. The van der Waals surface area contributed by atoms with Gasteiger partial charge < -0.3 is 10.6 Å². The van der Waals surface area contributed by atoms with Crippen LogP contribution in [0.1, 0.15) is 51.2 Å². The molecule has 0 saturated heterocycles. The quantitative estimate of drug-likeness (QED) is 0.821. The summed E-state index contributed by atoms with van der Waals surface area (Å²) in [6.07, 6.45) is 4.54. The number of hydrogen-bond donors (Lipinski definition) is 2. The normalized spacial score (nSPS) is 13.6. The third-order valence-corrected chi connectivity index (χ3v) is 3.93. The van der Waals surface area contributed by atoms with E-state index in [0.29, 0.717) is 19.4 Å². The topological polar surface area (TPSA) is 58.2 Å². The van der Waals surface area contributed by atoms with Crippen molar-refractivity contribution in [1.29, 1.82) is 0 Å². The van der Waals surface area contributed by atoms with Crippen molar-refractivity contribution in [3.8, 4) is 0 Å². The van der Waals surface area contributed by atoms with Crippen LogP contribution in [0.3, 0.4) is 0 Å². The summed E-state index contributed by atoms with van der Waals surface area (Å²) in [4.78, 5) is 23.6. The van der Waals surface area contributed by atoms with Crippen LogP contribution in [-0.2, 0) is 22.4 Å². The summed E-state index contributed by atoms with van der Waals surface area (Å²) in [6, 6.07) is 6.17. The van der Waals surface area contributed by atoms with Gasteiger partial charge in [-0.15, -0.1) is 0 Å². The first-order valence-electron chi connectivity index (χ1n) is 8.06. The van der Waals surface area contributed by atoms with Crippen molar-refractivity contribution < 1.29 is 9.59 Å². The van der Waals surface area contributed by atoms with Crippen LogP contribution in [0.15, 0.2) is 18.2 Å². The molecule has 4 nitrogen and oxygen atoms in total. The van der Waals surface area contributed by atoms with Crippen LogP contribution in [0, 0.1) is 5.41 Å². The van der Waals surface area contributed by atoms with Gasteiger partial charge in [0.2, 0.25) is 11.8 Å². The fraction of sp³-hybridized carbons (Fsp3) is 0.556. The minimum atomic E-state index is -0.382. The summed E-state index contributed by atoms with van der Waals surface area (Å²) >= 11 is 0. The highest BCUT2D eigenvalue weighted by atomic mass is 16.2. The Labute approximate surface area is 132 Å². The summed E-state index contributed by atoms with van der Waals surface area (Å²) in [5.41, 5.74) is 3.26. The Hall–Kier alpha value is -1.84. The maximum absolute atomic E-state index is 11.9. The maximum atomic E-state index is 11.9. The van der Waals surface area contributed by atoms with E-state index in [1.54, 1.807) is 0 Å². The smallest absolute Gasteiger partial charge is 0.225 e. The second kappa shape index (κ2) is 6.95. The fourth-order valence-corrected chi connectivity index (χ4v) is 2.59. The number of benzene rings is 1. The maximum Gasteiger partial charge on any atom is 0.225 e. The lowest BCUT2D eigenvalue weighted by molar-refractivity contribution is -0.128. The van der Waals surface area contributed by atoms with Gasteiger partial charge in [0.25, 0.3) is 0 Å². The van der Waals surface area contributed by atoms with Gasteiger partial charge in [-0.2, -0.15) is 0 Å². The molecule has 2 N–H and O–H groups in total. The highest BCUT2D eigenvalue weighted by Crippen LogP contribution is 2.24. The monoisotopic (exact) mass is 302 g/mol. The Morgan fingerprint density at radius 1 is 1.14 bits per heavy atom. The molecule has 0 saturated carbocycles. The number of amides is 2. The lowest BCUT2D eigenvalue weighted by Crippen LogP contribution is -2.35. The molecule has 0 unspecified atom stereocenters. The Morgan fingerprint density at radius 3 is 2.59 bits per heavy atom. The van der Waals surface area contributed by atoms with Crippen LogP contribution in [0.2, 0.25) is 0 Å². The van der Waals surface area contributed by atoms with Crippen molar-refractivity contribution in [3.05, 3.63) is 29.3 Å². The van der Waals surface area contributed by atoms with Gasteiger partial charge in [-0.3, -0.25) is 9.59 Å². The number of anilines is 1. The molecule has 0 aromatic heterocycles. The average molecular weight is 302 g/mol. The predicted molar refractivity (Wildman–Crippen MR) is 88.8 cm³/mol. The number of aryl methyl sites for hydroxylation is 2. The number of nitrogens with one attached hydrogen (secondary N) is 2. The molecule has 0 aliphatic heterocycles. The average Bonchev–Trinajstić information content (AvgIpc) is 2.89. The third kappa shape index (κ3) is 4.58. The highest BCUT2D eigenvalue weighted by Gasteiger charge is 2.20. The molecule has 120 valence electrons. The van der Waals surface area contributed by atoms with Crippen molar-refractivity contribution >= 4 is 17.5 Å². The minimum Gasteiger partial charge on any atom is -0.356 e. The van der Waals surface area contributed by atoms with Crippen LogP contribution in [0.25, 0.3) is 0 Å². The van der Waals surface area contributed by atoms with Gasteiger partial charge in [0.1, 0.15) is 0 Å². The van der Waals surface area contributed by atoms with Crippen molar-refractivity contribution in [1.82, 2.24) is 5.32 Å². The van der Waals surface area contributed by atoms with Crippen molar-refractivity contribution in [2.45, 2.75) is 52.9 Å². The molecule has 0 bridgehead atoms. The largest absolute Gasteiger partial charge is 0.356 e. The number of hydrogen-bond acceptors (Lipinski definition) is 2. The van der Waals surface area contributed by atoms with E-state index in [2.05, 4.69) is 22.8 Å². The van der Waals surface area contributed by atoms with Gasteiger partial charge in [0, 0.05) is 24.1 Å². The molecule has 1 aromatic carbocycles. The second-order valence-corrected chi connectivity index (χ2v) is 6.99. The van der Waals surface area contributed by atoms with E-state index in [0.717, 1.165) is 18.5 Å². The van der Waals surface area contributed by atoms with Crippen LogP contribution < -0.4 is 10.6 Å². The van der Waals surface area contributed by atoms with Crippen molar-refractivity contribution in [3.63, 3.8) is 0 Å². The van der Waals surface area contributed by atoms with Gasteiger partial charge in [-0.25, -0.2) is 0 Å². The lowest BCUT2D eigenvalue weighted by Gasteiger charge is -2.17. The van der Waals surface area contributed by atoms with Gasteiger partial charge in [-0.05, 0) is 48.9 Å². The fourth-order valence-electron chi connectivity index (χ4n) is 2.59. The van der Waals surface area contributed by atoms with E-state index in [1.165, 1.54) is 17.5 Å². The molecule has 4 heteroatoms. The van der Waals surface area contributed by atoms with E-state index in [-0.39, 0.29) is 17.2 Å². The highest BCUT2D eigenvalue weighted by molar-refractivity contribution is 5.90. The zero-order valence-electron chi connectivity index (χ0n) is 13.8. The Bertz CT molecular complexity index is 559. The number of fused-ring (bicyclic) bond motifs is 1. The summed E-state index contributed by atoms with van der Waals surface area (Å²) in [7, 11) is 0. The van der Waals surface area contributed by atoms with Gasteiger partial charge in [0.15, 0.2) is 0 Å². The predicted octanol–water partition coefficient (Wildman–Crippen LogP) is 3.06. The number of rotatable bonds is 5. The molecular weight excluding hydrogens is 276 g/mol.